The van der Waals surface area contributed by atoms with Gasteiger partial charge in [-0.1, -0.05) is 6.07 Å². The molecule has 0 radical (unpaired) electrons. The minimum atomic E-state index is 0.670. The summed E-state index contributed by atoms with van der Waals surface area (Å²) in [5.41, 5.74) is 1.17. The first-order chi connectivity index (χ1) is 8.36. The van der Waals surface area contributed by atoms with Crippen molar-refractivity contribution in [2.75, 3.05) is 45.0 Å². The average Bonchev–Trinajstić information content (AvgIpc) is 2.38. The molecule has 0 aliphatic heterocycles. The molecule has 0 saturated heterocycles. The Hall–Kier alpha value is -0.710. The molecule has 0 aliphatic carbocycles. The number of hydrogen-bond acceptors (Lipinski definition) is 4. The highest BCUT2D eigenvalue weighted by Gasteiger charge is 1.94. The van der Waals surface area contributed by atoms with Crippen molar-refractivity contribution >= 4 is 17.4 Å². The number of methoxy groups -OCH3 is 1. The molecule has 1 aromatic carbocycles. The van der Waals surface area contributed by atoms with Crippen molar-refractivity contribution in [3.8, 4) is 0 Å². The maximum absolute atomic E-state index is 5.39. The normalized spacial score (nSPS) is 10.5. The van der Waals surface area contributed by atoms with Crippen LogP contribution in [0.15, 0.2) is 29.2 Å². The summed E-state index contributed by atoms with van der Waals surface area (Å²) in [5.74, 6) is 0. The summed E-state index contributed by atoms with van der Waals surface area (Å²) in [5, 5.41) is 3.39. The topological polar surface area (TPSA) is 30.5 Å². The third-order valence-corrected chi connectivity index (χ3v) is 3.02. The first kappa shape index (κ1) is 14.4. The zero-order valence-electron chi connectivity index (χ0n) is 10.6. The second-order valence-corrected chi connectivity index (χ2v) is 4.50. The van der Waals surface area contributed by atoms with Crippen LogP contribution in [0.4, 0.5) is 5.69 Å². The van der Waals surface area contributed by atoms with Crippen molar-refractivity contribution in [1.29, 1.82) is 0 Å². The monoisotopic (exact) mass is 255 g/mol. The molecular weight excluding hydrogens is 234 g/mol. The summed E-state index contributed by atoms with van der Waals surface area (Å²) in [6.45, 7) is 3.06. The fourth-order valence-corrected chi connectivity index (χ4v) is 1.84. The number of rotatable bonds is 9. The van der Waals surface area contributed by atoms with E-state index < -0.39 is 0 Å². The fourth-order valence-electron chi connectivity index (χ4n) is 1.38. The number of nitrogens with one attached hydrogen (secondary N) is 1. The number of benzene rings is 1. The Labute approximate surface area is 108 Å². The van der Waals surface area contributed by atoms with Gasteiger partial charge in [-0.05, 0) is 30.9 Å². The minimum absolute atomic E-state index is 0.670. The van der Waals surface area contributed by atoms with E-state index >= 15 is 0 Å². The Balaban J connectivity index is 2.09. The maximum atomic E-state index is 5.39. The third kappa shape index (κ3) is 6.56. The van der Waals surface area contributed by atoms with E-state index in [1.54, 1.807) is 18.9 Å². The molecule has 0 amide bonds. The van der Waals surface area contributed by atoms with E-state index in [1.807, 2.05) is 0 Å². The van der Waals surface area contributed by atoms with Gasteiger partial charge in [0.2, 0.25) is 0 Å². The summed E-state index contributed by atoms with van der Waals surface area (Å²) in [6.07, 6.45) is 3.09. The van der Waals surface area contributed by atoms with Crippen LogP contribution in [0.1, 0.15) is 6.42 Å². The SMILES string of the molecule is COCCOCCCNc1cccc(SC)c1. The van der Waals surface area contributed by atoms with Crippen LogP contribution in [0.25, 0.3) is 0 Å². The Kier molecular flexibility index (Phi) is 7.88. The summed E-state index contributed by atoms with van der Waals surface area (Å²) in [7, 11) is 1.68. The molecule has 0 heterocycles. The van der Waals surface area contributed by atoms with E-state index in [1.165, 1.54) is 10.6 Å². The third-order valence-electron chi connectivity index (χ3n) is 2.30. The lowest BCUT2D eigenvalue weighted by molar-refractivity contribution is 0.0705. The lowest BCUT2D eigenvalue weighted by atomic mass is 10.3. The van der Waals surface area contributed by atoms with Crippen LogP contribution in [0.2, 0.25) is 0 Å². The van der Waals surface area contributed by atoms with E-state index in [9.17, 15) is 0 Å². The second-order valence-electron chi connectivity index (χ2n) is 3.62. The molecule has 1 N–H and O–H groups in total. The van der Waals surface area contributed by atoms with Crippen LogP contribution in [0.3, 0.4) is 0 Å². The van der Waals surface area contributed by atoms with Gasteiger partial charge in [-0.15, -0.1) is 11.8 Å². The van der Waals surface area contributed by atoms with Gasteiger partial charge in [0, 0.05) is 30.8 Å². The Morgan fingerprint density at radius 2 is 2.12 bits per heavy atom. The zero-order chi connectivity index (χ0) is 12.3. The molecule has 0 fully saturated rings. The molecule has 3 nitrogen and oxygen atoms in total. The van der Waals surface area contributed by atoms with Gasteiger partial charge < -0.3 is 14.8 Å². The summed E-state index contributed by atoms with van der Waals surface area (Å²) in [6, 6.07) is 8.44. The first-order valence-electron chi connectivity index (χ1n) is 5.81. The van der Waals surface area contributed by atoms with Crippen LogP contribution in [-0.4, -0.2) is 39.7 Å². The van der Waals surface area contributed by atoms with Crippen LogP contribution >= 0.6 is 11.8 Å². The number of ether oxygens (including phenoxy) is 2. The number of anilines is 1. The Morgan fingerprint density at radius 1 is 1.24 bits per heavy atom. The predicted octanol–water partition coefficient (Wildman–Crippen LogP) is 2.87. The van der Waals surface area contributed by atoms with Crippen molar-refractivity contribution in [2.45, 2.75) is 11.3 Å². The molecule has 0 unspecified atom stereocenters. The highest BCUT2D eigenvalue weighted by atomic mass is 32.2. The number of hydrogen-bond donors (Lipinski definition) is 1. The summed E-state index contributed by atoms with van der Waals surface area (Å²) < 4.78 is 10.3. The first-order valence-corrected chi connectivity index (χ1v) is 7.04. The quantitative estimate of drug-likeness (QED) is 0.543. The molecular formula is C13H21NO2S. The van der Waals surface area contributed by atoms with E-state index in [0.29, 0.717) is 13.2 Å². The van der Waals surface area contributed by atoms with Crippen LogP contribution in [0.5, 0.6) is 0 Å². The number of thioether (sulfide) groups is 1. The lowest BCUT2D eigenvalue weighted by Crippen LogP contribution is -2.08. The van der Waals surface area contributed by atoms with Crippen molar-refractivity contribution in [3.63, 3.8) is 0 Å². The standard InChI is InChI=1S/C13H21NO2S/c1-15-9-10-16-8-4-7-14-12-5-3-6-13(11-12)17-2/h3,5-6,11,14H,4,7-10H2,1-2H3. The Bertz CT molecular complexity index is 307. The molecule has 17 heavy (non-hydrogen) atoms. The molecule has 96 valence electrons. The minimum Gasteiger partial charge on any atom is -0.385 e. The molecule has 0 aromatic heterocycles. The van der Waals surface area contributed by atoms with Crippen molar-refractivity contribution in [3.05, 3.63) is 24.3 Å². The van der Waals surface area contributed by atoms with Crippen LogP contribution in [0, 0.1) is 0 Å². The summed E-state index contributed by atoms with van der Waals surface area (Å²) in [4.78, 5) is 1.28. The second kappa shape index (κ2) is 9.33. The van der Waals surface area contributed by atoms with Crippen LogP contribution < -0.4 is 5.32 Å². The maximum Gasteiger partial charge on any atom is 0.0700 e. The van der Waals surface area contributed by atoms with Gasteiger partial charge in [0.25, 0.3) is 0 Å². The smallest absolute Gasteiger partial charge is 0.0700 e. The van der Waals surface area contributed by atoms with E-state index in [-0.39, 0.29) is 0 Å². The molecule has 0 bridgehead atoms. The molecule has 0 saturated carbocycles. The van der Waals surface area contributed by atoms with Gasteiger partial charge >= 0.3 is 0 Å². The van der Waals surface area contributed by atoms with Gasteiger partial charge in [0.05, 0.1) is 13.2 Å². The Morgan fingerprint density at radius 3 is 2.88 bits per heavy atom. The van der Waals surface area contributed by atoms with Gasteiger partial charge in [0.1, 0.15) is 0 Å². The van der Waals surface area contributed by atoms with Gasteiger partial charge in [0.15, 0.2) is 0 Å². The van der Waals surface area contributed by atoms with Crippen molar-refractivity contribution < 1.29 is 9.47 Å². The average molecular weight is 255 g/mol. The largest absolute Gasteiger partial charge is 0.385 e. The van der Waals surface area contributed by atoms with E-state index in [0.717, 1.165) is 19.6 Å². The van der Waals surface area contributed by atoms with Crippen LogP contribution in [-0.2, 0) is 9.47 Å². The van der Waals surface area contributed by atoms with E-state index in [4.69, 9.17) is 9.47 Å². The fraction of sp³-hybridized carbons (Fsp3) is 0.538. The summed E-state index contributed by atoms with van der Waals surface area (Å²) >= 11 is 1.76. The predicted molar refractivity (Wildman–Crippen MR) is 74.0 cm³/mol. The molecule has 0 aliphatic rings. The van der Waals surface area contributed by atoms with E-state index in [2.05, 4.69) is 35.8 Å². The molecule has 0 atom stereocenters. The molecule has 1 rings (SSSR count). The van der Waals surface area contributed by atoms with Gasteiger partial charge in [-0.25, -0.2) is 0 Å². The van der Waals surface area contributed by atoms with Gasteiger partial charge in [-0.2, -0.15) is 0 Å². The molecule has 0 spiro atoms. The lowest BCUT2D eigenvalue weighted by Gasteiger charge is -2.08. The molecule has 4 heteroatoms. The van der Waals surface area contributed by atoms with Crippen molar-refractivity contribution in [2.24, 2.45) is 0 Å². The zero-order valence-corrected chi connectivity index (χ0v) is 11.4. The molecule has 1 aromatic rings. The highest BCUT2D eigenvalue weighted by molar-refractivity contribution is 7.98. The highest BCUT2D eigenvalue weighted by Crippen LogP contribution is 2.18. The van der Waals surface area contributed by atoms with Crippen molar-refractivity contribution in [1.82, 2.24) is 0 Å². The van der Waals surface area contributed by atoms with Gasteiger partial charge in [-0.3, -0.25) is 0 Å².